The summed E-state index contributed by atoms with van der Waals surface area (Å²) >= 11 is 5.96. The number of nitrogens with one attached hydrogen (secondary N) is 1. The predicted molar refractivity (Wildman–Crippen MR) is 107 cm³/mol. The molecular weight excluding hydrogens is 362 g/mol. The second kappa shape index (κ2) is 8.69. The van der Waals surface area contributed by atoms with Crippen molar-refractivity contribution in [3.63, 3.8) is 0 Å². The molecule has 0 unspecified atom stereocenters. The van der Waals surface area contributed by atoms with Crippen LogP contribution in [-0.4, -0.2) is 18.5 Å². The van der Waals surface area contributed by atoms with E-state index >= 15 is 0 Å². The van der Waals surface area contributed by atoms with E-state index in [2.05, 4.69) is 5.32 Å². The Morgan fingerprint density at radius 2 is 1.78 bits per heavy atom. The molecule has 3 aromatic rings. The Morgan fingerprint density at radius 1 is 1.04 bits per heavy atom. The molecule has 0 spiro atoms. The van der Waals surface area contributed by atoms with Crippen LogP contribution in [0.1, 0.15) is 24.1 Å². The monoisotopic (exact) mass is 381 g/mol. The van der Waals surface area contributed by atoms with Crippen LogP contribution in [0.5, 0.6) is 0 Å². The van der Waals surface area contributed by atoms with Gasteiger partial charge in [-0.1, -0.05) is 66.2 Å². The minimum Gasteiger partial charge on any atom is -0.455 e. The summed E-state index contributed by atoms with van der Waals surface area (Å²) in [4.78, 5) is 24.2. The molecule has 4 nitrogen and oxygen atoms in total. The van der Waals surface area contributed by atoms with E-state index < -0.39 is 5.97 Å². The highest BCUT2D eigenvalue weighted by atomic mass is 35.5. The summed E-state index contributed by atoms with van der Waals surface area (Å²) in [6.07, 6.45) is 0.123. The van der Waals surface area contributed by atoms with Crippen LogP contribution in [0, 0.1) is 0 Å². The van der Waals surface area contributed by atoms with Crippen LogP contribution < -0.4 is 5.32 Å². The Labute approximate surface area is 163 Å². The molecule has 0 aromatic heterocycles. The van der Waals surface area contributed by atoms with Crippen LogP contribution in [0.2, 0.25) is 5.02 Å². The zero-order chi connectivity index (χ0) is 19.2. The van der Waals surface area contributed by atoms with Crippen LogP contribution in [0.15, 0.2) is 66.7 Å². The highest BCUT2D eigenvalue weighted by Gasteiger charge is 2.13. The summed E-state index contributed by atoms with van der Waals surface area (Å²) in [6, 6.07) is 20.7. The Balaban J connectivity index is 1.53. The van der Waals surface area contributed by atoms with Crippen LogP contribution in [0.4, 0.5) is 0 Å². The molecule has 27 heavy (non-hydrogen) atoms. The molecular formula is C22H20ClNO3. The molecule has 1 N–H and O–H groups in total. The van der Waals surface area contributed by atoms with E-state index in [1.807, 2.05) is 61.5 Å². The lowest BCUT2D eigenvalue weighted by atomic mass is 10.0. The number of fused-ring (bicyclic) bond motifs is 1. The van der Waals surface area contributed by atoms with Crippen molar-refractivity contribution in [2.24, 2.45) is 0 Å². The fraction of sp³-hybridized carbons (Fsp3) is 0.182. The normalized spacial score (nSPS) is 11.8. The van der Waals surface area contributed by atoms with Gasteiger partial charge in [0.15, 0.2) is 6.61 Å². The number of amides is 1. The van der Waals surface area contributed by atoms with Crippen molar-refractivity contribution in [2.75, 3.05) is 6.61 Å². The third-order valence-electron chi connectivity index (χ3n) is 4.31. The smallest absolute Gasteiger partial charge is 0.310 e. The molecule has 5 heteroatoms. The van der Waals surface area contributed by atoms with E-state index in [4.69, 9.17) is 16.3 Å². The highest BCUT2D eigenvalue weighted by molar-refractivity contribution is 6.30. The van der Waals surface area contributed by atoms with Gasteiger partial charge in [0.25, 0.3) is 5.91 Å². The number of halogens is 1. The van der Waals surface area contributed by atoms with Gasteiger partial charge in [0, 0.05) is 5.02 Å². The maximum Gasteiger partial charge on any atom is 0.310 e. The first kappa shape index (κ1) is 18.9. The van der Waals surface area contributed by atoms with Gasteiger partial charge in [-0.3, -0.25) is 9.59 Å². The largest absolute Gasteiger partial charge is 0.455 e. The van der Waals surface area contributed by atoms with E-state index in [0.717, 1.165) is 21.9 Å². The number of esters is 1. The second-order valence-corrected chi connectivity index (χ2v) is 6.76. The molecule has 0 fully saturated rings. The SMILES string of the molecule is C[C@@H](NC(=O)COC(=O)Cc1cccc2ccccc12)c1cccc(Cl)c1. The Bertz CT molecular complexity index is 965. The summed E-state index contributed by atoms with van der Waals surface area (Å²) in [6.45, 7) is 1.54. The van der Waals surface area contributed by atoms with Crippen molar-refractivity contribution in [1.82, 2.24) is 5.32 Å². The molecule has 0 saturated carbocycles. The quantitative estimate of drug-likeness (QED) is 0.641. The third-order valence-corrected chi connectivity index (χ3v) is 4.54. The van der Waals surface area contributed by atoms with Gasteiger partial charge >= 0.3 is 5.97 Å². The van der Waals surface area contributed by atoms with Gasteiger partial charge in [-0.25, -0.2) is 0 Å². The molecule has 3 aromatic carbocycles. The maximum absolute atomic E-state index is 12.1. The summed E-state index contributed by atoms with van der Waals surface area (Å²) in [7, 11) is 0. The van der Waals surface area contributed by atoms with Crippen LogP contribution in [0.25, 0.3) is 10.8 Å². The lowest BCUT2D eigenvalue weighted by Gasteiger charge is -2.14. The number of rotatable bonds is 6. The number of benzene rings is 3. The van der Waals surface area contributed by atoms with E-state index in [-0.39, 0.29) is 25.0 Å². The van der Waals surface area contributed by atoms with Crippen LogP contribution in [-0.2, 0) is 20.7 Å². The van der Waals surface area contributed by atoms with Crippen molar-refractivity contribution in [3.05, 3.63) is 82.9 Å². The average Bonchev–Trinajstić information content (AvgIpc) is 2.67. The third kappa shape index (κ3) is 5.08. The molecule has 0 aliphatic heterocycles. The number of carbonyl (C=O) groups is 2. The van der Waals surface area contributed by atoms with E-state index in [1.165, 1.54) is 0 Å². The van der Waals surface area contributed by atoms with Gasteiger partial charge in [0.2, 0.25) is 0 Å². The van der Waals surface area contributed by atoms with Crippen molar-refractivity contribution < 1.29 is 14.3 Å². The van der Waals surface area contributed by atoms with Crippen molar-refractivity contribution in [1.29, 1.82) is 0 Å². The summed E-state index contributed by atoms with van der Waals surface area (Å²) in [5.41, 5.74) is 1.77. The number of hydrogen-bond acceptors (Lipinski definition) is 3. The maximum atomic E-state index is 12.1. The molecule has 0 aliphatic carbocycles. The molecule has 0 radical (unpaired) electrons. The van der Waals surface area contributed by atoms with Crippen LogP contribution in [0.3, 0.4) is 0 Å². The Morgan fingerprint density at radius 3 is 2.59 bits per heavy atom. The van der Waals surface area contributed by atoms with Gasteiger partial charge in [-0.05, 0) is 41.0 Å². The first-order chi connectivity index (χ1) is 13.0. The molecule has 0 saturated heterocycles. The highest BCUT2D eigenvalue weighted by Crippen LogP contribution is 2.19. The topological polar surface area (TPSA) is 55.4 Å². The second-order valence-electron chi connectivity index (χ2n) is 6.32. The first-order valence-corrected chi connectivity index (χ1v) is 9.08. The van der Waals surface area contributed by atoms with Crippen LogP contribution >= 0.6 is 11.6 Å². The minimum absolute atomic E-state index is 0.123. The fourth-order valence-electron chi connectivity index (χ4n) is 2.94. The standard InChI is InChI=1S/C22H20ClNO3/c1-15(17-8-5-10-19(23)12-17)24-21(25)14-27-22(26)13-18-9-4-7-16-6-2-3-11-20(16)18/h2-12,15H,13-14H2,1H3,(H,24,25)/t15-/m1/s1. The van der Waals surface area contributed by atoms with Gasteiger partial charge in [0.1, 0.15) is 0 Å². The van der Waals surface area contributed by atoms with E-state index in [1.54, 1.807) is 12.1 Å². The Kier molecular flexibility index (Phi) is 6.09. The predicted octanol–water partition coefficient (Wildman–Crippen LogP) is 4.46. The van der Waals surface area contributed by atoms with E-state index in [0.29, 0.717) is 5.02 Å². The van der Waals surface area contributed by atoms with Gasteiger partial charge in [-0.15, -0.1) is 0 Å². The first-order valence-electron chi connectivity index (χ1n) is 8.70. The lowest BCUT2D eigenvalue weighted by Crippen LogP contribution is -2.31. The molecule has 3 rings (SSSR count). The van der Waals surface area contributed by atoms with Crippen molar-refractivity contribution >= 4 is 34.2 Å². The number of ether oxygens (including phenoxy) is 1. The van der Waals surface area contributed by atoms with Gasteiger partial charge in [-0.2, -0.15) is 0 Å². The van der Waals surface area contributed by atoms with Crippen molar-refractivity contribution in [2.45, 2.75) is 19.4 Å². The molecule has 1 amide bonds. The van der Waals surface area contributed by atoms with Crippen molar-refractivity contribution in [3.8, 4) is 0 Å². The zero-order valence-electron chi connectivity index (χ0n) is 14.9. The molecule has 1 atom stereocenters. The summed E-state index contributed by atoms with van der Waals surface area (Å²) < 4.78 is 5.14. The molecule has 0 heterocycles. The summed E-state index contributed by atoms with van der Waals surface area (Å²) in [5.74, 6) is -0.786. The van der Waals surface area contributed by atoms with Gasteiger partial charge < -0.3 is 10.1 Å². The molecule has 138 valence electrons. The zero-order valence-corrected chi connectivity index (χ0v) is 15.7. The minimum atomic E-state index is -0.433. The fourth-order valence-corrected chi connectivity index (χ4v) is 3.14. The van der Waals surface area contributed by atoms with Gasteiger partial charge in [0.05, 0.1) is 12.5 Å². The average molecular weight is 382 g/mol. The summed E-state index contributed by atoms with van der Waals surface area (Å²) in [5, 5.41) is 5.48. The molecule has 0 bridgehead atoms. The molecule has 0 aliphatic rings. The van der Waals surface area contributed by atoms with E-state index in [9.17, 15) is 9.59 Å². The number of hydrogen-bond donors (Lipinski definition) is 1. The Hall–Kier alpha value is -2.85. The number of carbonyl (C=O) groups excluding carboxylic acids is 2. The lowest BCUT2D eigenvalue weighted by molar-refractivity contribution is -0.148.